The predicted molar refractivity (Wildman–Crippen MR) is 91.1 cm³/mol. The molecule has 0 unspecified atom stereocenters. The molecule has 1 aromatic heterocycles. The van der Waals surface area contributed by atoms with Crippen LogP contribution in [0.1, 0.15) is 17.5 Å². The van der Waals surface area contributed by atoms with Crippen LogP contribution >= 0.6 is 0 Å². The van der Waals surface area contributed by atoms with Crippen molar-refractivity contribution in [3.05, 3.63) is 53.5 Å². The van der Waals surface area contributed by atoms with Crippen molar-refractivity contribution in [3.63, 3.8) is 0 Å². The van der Waals surface area contributed by atoms with E-state index in [1.807, 2.05) is 23.1 Å². The van der Waals surface area contributed by atoms with E-state index in [1.54, 1.807) is 20.0 Å². The van der Waals surface area contributed by atoms with Crippen molar-refractivity contribution in [1.82, 2.24) is 9.71 Å². The first-order valence-corrected chi connectivity index (χ1v) is 9.30. The third-order valence-corrected chi connectivity index (χ3v) is 5.70. The second-order valence-electron chi connectivity index (χ2n) is 6.11. The van der Waals surface area contributed by atoms with Crippen LogP contribution < -0.4 is 9.62 Å². The summed E-state index contributed by atoms with van der Waals surface area (Å²) in [5, 5.41) is 0. The molecule has 0 spiro atoms. The van der Waals surface area contributed by atoms with E-state index in [4.69, 9.17) is 0 Å². The molecule has 0 radical (unpaired) electrons. The molecule has 1 atom stereocenters. The van der Waals surface area contributed by atoms with Crippen LogP contribution in [-0.2, 0) is 10.0 Å². The second kappa shape index (κ2) is 6.49. The number of benzene rings is 1. The number of aryl methyl sites for hydroxylation is 2. The van der Waals surface area contributed by atoms with E-state index in [0.717, 1.165) is 12.4 Å². The minimum absolute atomic E-state index is 0.107. The molecular formula is C17H20FN3O2S. The Morgan fingerprint density at radius 3 is 2.58 bits per heavy atom. The van der Waals surface area contributed by atoms with E-state index in [9.17, 15) is 12.8 Å². The molecule has 0 aliphatic carbocycles. The average molecular weight is 349 g/mol. The van der Waals surface area contributed by atoms with Crippen molar-refractivity contribution in [2.24, 2.45) is 0 Å². The highest BCUT2D eigenvalue weighted by Crippen LogP contribution is 2.21. The average Bonchev–Trinajstić information content (AvgIpc) is 3.00. The molecule has 1 aliphatic heterocycles. The Balaban J connectivity index is 1.74. The molecule has 1 N–H and O–H groups in total. The Hall–Kier alpha value is -1.99. The summed E-state index contributed by atoms with van der Waals surface area (Å²) in [6.07, 6.45) is 2.42. The van der Waals surface area contributed by atoms with E-state index < -0.39 is 10.0 Å². The first kappa shape index (κ1) is 16.9. The van der Waals surface area contributed by atoms with Crippen LogP contribution in [0.15, 0.2) is 41.4 Å². The van der Waals surface area contributed by atoms with Gasteiger partial charge in [-0.3, -0.25) is 0 Å². The third kappa shape index (κ3) is 3.42. The summed E-state index contributed by atoms with van der Waals surface area (Å²) in [6, 6.07) is 8.21. The van der Waals surface area contributed by atoms with E-state index in [-0.39, 0.29) is 16.8 Å². The Morgan fingerprint density at radius 1 is 1.25 bits per heavy atom. The van der Waals surface area contributed by atoms with Gasteiger partial charge in [-0.25, -0.2) is 22.5 Å². The van der Waals surface area contributed by atoms with Gasteiger partial charge in [-0.15, -0.1) is 0 Å². The van der Waals surface area contributed by atoms with Gasteiger partial charge in [0.25, 0.3) is 0 Å². The highest BCUT2D eigenvalue weighted by molar-refractivity contribution is 7.89. The second-order valence-corrected chi connectivity index (χ2v) is 7.83. The van der Waals surface area contributed by atoms with Gasteiger partial charge >= 0.3 is 0 Å². The summed E-state index contributed by atoms with van der Waals surface area (Å²) >= 11 is 0. The number of sulfonamides is 1. The molecule has 128 valence electrons. The molecular weight excluding hydrogens is 329 g/mol. The molecule has 24 heavy (non-hydrogen) atoms. The van der Waals surface area contributed by atoms with Gasteiger partial charge < -0.3 is 4.90 Å². The van der Waals surface area contributed by atoms with Gasteiger partial charge in [-0.2, -0.15) is 0 Å². The molecule has 5 nitrogen and oxygen atoms in total. The minimum atomic E-state index is -3.67. The van der Waals surface area contributed by atoms with E-state index >= 15 is 0 Å². The lowest BCUT2D eigenvalue weighted by atomic mass is 10.1. The highest BCUT2D eigenvalue weighted by Gasteiger charge is 2.28. The van der Waals surface area contributed by atoms with Gasteiger partial charge in [0.05, 0.1) is 4.90 Å². The molecule has 2 heterocycles. The molecule has 1 aromatic carbocycles. The fourth-order valence-corrected chi connectivity index (χ4v) is 4.39. The maximum Gasteiger partial charge on any atom is 0.240 e. The van der Waals surface area contributed by atoms with Crippen molar-refractivity contribution >= 4 is 15.8 Å². The molecule has 0 amide bonds. The first-order chi connectivity index (χ1) is 11.4. The third-order valence-electron chi connectivity index (χ3n) is 4.20. The SMILES string of the molecule is Cc1cc(S(=O)(=O)N[C@H]2CCN(c3ccccn3)C2)cc(C)c1F. The van der Waals surface area contributed by atoms with E-state index in [2.05, 4.69) is 9.71 Å². The summed E-state index contributed by atoms with van der Waals surface area (Å²) in [4.78, 5) is 6.45. The summed E-state index contributed by atoms with van der Waals surface area (Å²) in [5.74, 6) is 0.476. The van der Waals surface area contributed by atoms with E-state index in [1.165, 1.54) is 12.1 Å². The largest absolute Gasteiger partial charge is 0.355 e. The Kier molecular flexibility index (Phi) is 4.56. The lowest BCUT2D eigenvalue weighted by molar-refractivity contribution is 0.560. The zero-order valence-electron chi connectivity index (χ0n) is 13.7. The monoisotopic (exact) mass is 349 g/mol. The number of anilines is 1. The zero-order valence-corrected chi connectivity index (χ0v) is 14.5. The van der Waals surface area contributed by atoms with Crippen molar-refractivity contribution in [2.45, 2.75) is 31.2 Å². The summed E-state index contributed by atoms with van der Waals surface area (Å²) in [5.41, 5.74) is 0.661. The van der Waals surface area contributed by atoms with Crippen LogP contribution in [0, 0.1) is 19.7 Å². The Bertz CT molecular complexity index is 817. The molecule has 1 saturated heterocycles. The zero-order chi connectivity index (χ0) is 17.3. The van der Waals surface area contributed by atoms with Crippen molar-refractivity contribution < 1.29 is 12.8 Å². The van der Waals surface area contributed by atoms with Crippen molar-refractivity contribution in [2.75, 3.05) is 18.0 Å². The van der Waals surface area contributed by atoms with Crippen LogP contribution in [0.2, 0.25) is 0 Å². The molecule has 1 fully saturated rings. The Morgan fingerprint density at radius 2 is 1.96 bits per heavy atom. The van der Waals surface area contributed by atoms with Crippen LogP contribution in [0.4, 0.5) is 10.2 Å². The fraction of sp³-hybridized carbons (Fsp3) is 0.353. The topological polar surface area (TPSA) is 62.3 Å². The van der Waals surface area contributed by atoms with Gasteiger partial charge in [0.1, 0.15) is 11.6 Å². The number of halogens is 1. The lowest BCUT2D eigenvalue weighted by Crippen LogP contribution is -2.37. The van der Waals surface area contributed by atoms with Crippen molar-refractivity contribution in [1.29, 1.82) is 0 Å². The quantitative estimate of drug-likeness (QED) is 0.921. The van der Waals surface area contributed by atoms with Gasteiger partial charge in [0.15, 0.2) is 0 Å². The van der Waals surface area contributed by atoms with Crippen LogP contribution in [0.5, 0.6) is 0 Å². The van der Waals surface area contributed by atoms with Gasteiger partial charge in [0, 0.05) is 25.3 Å². The van der Waals surface area contributed by atoms with Gasteiger partial charge in [-0.05, 0) is 55.7 Å². The lowest BCUT2D eigenvalue weighted by Gasteiger charge is -2.18. The van der Waals surface area contributed by atoms with Crippen molar-refractivity contribution in [3.8, 4) is 0 Å². The fourth-order valence-electron chi connectivity index (χ4n) is 2.95. The molecule has 3 rings (SSSR count). The van der Waals surface area contributed by atoms with E-state index in [0.29, 0.717) is 24.1 Å². The van der Waals surface area contributed by atoms with Gasteiger partial charge in [-0.1, -0.05) is 6.07 Å². The maximum atomic E-state index is 13.7. The summed E-state index contributed by atoms with van der Waals surface area (Å²) in [7, 11) is -3.67. The number of hydrogen-bond donors (Lipinski definition) is 1. The Labute approximate surface area is 141 Å². The number of hydrogen-bond acceptors (Lipinski definition) is 4. The smallest absolute Gasteiger partial charge is 0.240 e. The molecule has 7 heteroatoms. The van der Waals surface area contributed by atoms with Gasteiger partial charge in [0.2, 0.25) is 10.0 Å². The van der Waals surface area contributed by atoms with Crippen LogP contribution in [0.3, 0.4) is 0 Å². The first-order valence-electron chi connectivity index (χ1n) is 7.82. The molecule has 0 bridgehead atoms. The predicted octanol–water partition coefficient (Wildman–Crippen LogP) is 2.39. The highest BCUT2D eigenvalue weighted by atomic mass is 32.2. The summed E-state index contributed by atoms with van der Waals surface area (Å²) < 4.78 is 41.6. The number of nitrogens with one attached hydrogen (secondary N) is 1. The number of rotatable bonds is 4. The number of pyridine rings is 1. The van der Waals surface area contributed by atoms with Crippen LogP contribution in [0.25, 0.3) is 0 Å². The standard InChI is InChI=1S/C17H20FN3O2S/c1-12-9-15(10-13(2)17(12)18)24(22,23)20-14-6-8-21(11-14)16-5-3-4-7-19-16/h3-5,7,9-10,14,20H,6,8,11H2,1-2H3/t14-/m0/s1. The number of aromatic nitrogens is 1. The summed E-state index contributed by atoms with van der Waals surface area (Å²) in [6.45, 7) is 4.44. The normalized spacial score (nSPS) is 18.1. The van der Waals surface area contributed by atoms with Crippen LogP contribution in [-0.4, -0.2) is 32.5 Å². The minimum Gasteiger partial charge on any atom is -0.355 e. The molecule has 1 aliphatic rings. The molecule has 0 saturated carbocycles. The maximum absolute atomic E-state index is 13.7. The number of nitrogens with zero attached hydrogens (tertiary/aromatic N) is 2. The molecule has 2 aromatic rings.